The van der Waals surface area contributed by atoms with Crippen LogP contribution in [0.15, 0.2) is 0 Å². The van der Waals surface area contributed by atoms with Crippen LogP contribution in [0.2, 0.25) is 0 Å². The van der Waals surface area contributed by atoms with Crippen LogP contribution in [0.4, 0.5) is 8.78 Å². The third-order valence-corrected chi connectivity index (χ3v) is 4.53. The highest BCUT2D eigenvalue weighted by Gasteiger charge is 2.62. The summed E-state index contributed by atoms with van der Waals surface area (Å²) < 4.78 is 33.5. The van der Waals surface area contributed by atoms with Crippen molar-refractivity contribution in [1.29, 1.82) is 0 Å². The summed E-state index contributed by atoms with van der Waals surface area (Å²) in [7, 11) is 2.87. The van der Waals surface area contributed by atoms with Crippen LogP contribution in [-0.2, 0) is 9.53 Å². The first-order valence-corrected chi connectivity index (χ1v) is 6.56. The van der Waals surface area contributed by atoms with E-state index in [1.165, 1.54) is 7.11 Å². The second-order valence-electron chi connectivity index (χ2n) is 5.77. The van der Waals surface area contributed by atoms with Crippen molar-refractivity contribution in [2.45, 2.75) is 38.0 Å². The van der Waals surface area contributed by atoms with Crippen LogP contribution < -0.4 is 0 Å². The van der Waals surface area contributed by atoms with Gasteiger partial charge in [-0.3, -0.25) is 4.79 Å². The van der Waals surface area contributed by atoms with Crippen LogP contribution in [0, 0.1) is 11.3 Å². The average Bonchev–Trinajstić information content (AvgIpc) is 2.24. The Labute approximate surface area is 106 Å². The third-order valence-electron chi connectivity index (χ3n) is 4.53. The molecule has 1 aliphatic heterocycles. The van der Waals surface area contributed by atoms with E-state index in [1.807, 2.05) is 0 Å². The Morgan fingerprint density at radius 1 is 1.44 bits per heavy atom. The lowest BCUT2D eigenvalue weighted by Gasteiger charge is -2.47. The topological polar surface area (TPSA) is 29.5 Å². The van der Waals surface area contributed by atoms with Gasteiger partial charge < -0.3 is 9.64 Å². The molecule has 18 heavy (non-hydrogen) atoms. The van der Waals surface area contributed by atoms with Crippen LogP contribution in [0.25, 0.3) is 0 Å². The third kappa shape index (κ3) is 2.13. The van der Waals surface area contributed by atoms with Crippen molar-refractivity contribution in [2.75, 3.05) is 27.2 Å². The van der Waals surface area contributed by atoms with Crippen LogP contribution in [0.3, 0.4) is 0 Å². The SMILES string of the molecule is COC(=O)C1(CC2CCC2)CCN(C)CC1(F)F. The fourth-order valence-corrected chi connectivity index (χ4v) is 3.11. The number of carbonyl (C=O) groups is 1. The number of methoxy groups -OCH3 is 1. The van der Waals surface area contributed by atoms with E-state index < -0.39 is 17.3 Å². The standard InChI is InChI=1S/C13H21F2NO2/c1-16-7-6-12(11(17)18-2,13(14,15)9-16)8-10-4-3-5-10/h10H,3-9H2,1-2H3. The largest absolute Gasteiger partial charge is 0.468 e. The molecule has 1 atom stereocenters. The molecule has 0 amide bonds. The Kier molecular flexibility index (Phi) is 3.63. The summed E-state index contributed by atoms with van der Waals surface area (Å²) in [4.78, 5) is 13.6. The van der Waals surface area contributed by atoms with Crippen LogP contribution >= 0.6 is 0 Å². The van der Waals surface area contributed by atoms with Gasteiger partial charge in [0.15, 0.2) is 0 Å². The molecule has 104 valence electrons. The summed E-state index contributed by atoms with van der Waals surface area (Å²) in [6.07, 6.45) is 3.49. The summed E-state index contributed by atoms with van der Waals surface area (Å²) in [5.74, 6) is -3.46. The first kappa shape index (κ1) is 13.7. The first-order chi connectivity index (χ1) is 8.41. The van der Waals surface area contributed by atoms with Gasteiger partial charge in [-0.25, -0.2) is 8.78 Å². The van der Waals surface area contributed by atoms with Gasteiger partial charge in [-0.1, -0.05) is 19.3 Å². The first-order valence-electron chi connectivity index (χ1n) is 6.56. The second kappa shape index (κ2) is 4.76. The second-order valence-corrected chi connectivity index (χ2v) is 5.77. The van der Waals surface area contributed by atoms with Gasteiger partial charge in [-0.05, 0) is 32.4 Å². The summed E-state index contributed by atoms with van der Waals surface area (Å²) >= 11 is 0. The summed E-state index contributed by atoms with van der Waals surface area (Å²) in [6.45, 7) is 0.173. The van der Waals surface area contributed by atoms with Gasteiger partial charge >= 0.3 is 5.97 Å². The molecular formula is C13H21F2NO2. The fourth-order valence-electron chi connectivity index (χ4n) is 3.11. The molecule has 0 aromatic heterocycles. The van der Waals surface area contributed by atoms with Crippen molar-refractivity contribution in [1.82, 2.24) is 4.90 Å². The molecule has 5 heteroatoms. The lowest BCUT2D eigenvalue weighted by Crippen LogP contribution is -2.59. The molecule has 2 fully saturated rings. The van der Waals surface area contributed by atoms with E-state index >= 15 is 0 Å². The minimum atomic E-state index is -3.00. The zero-order chi connectivity index (χ0) is 13.4. The number of carbonyl (C=O) groups excluding carboxylic acids is 1. The molecule has 0 radical (unpaired) electrons. The van der Waals surface area contributed by atoms with Gasteiger partial charge in [-0.15, -0.1) is 0 Å². The molecule has 1 saturated carbocycles. The van der Waals surface area contributed by atoms with E-state index in [4.69, 9.17) is 4.74 Å². The van der Waals surface area contributed by atoms with E-state index in [-0.39, 0.29) is 25.3 Å². The summed E-state index contributed by atoms with van der Waals surface area (Å²) in [6, 6.07) is 0. The highest BCUT2D eigenvalue weighted by atomic mass is 19.3. The van der Waals surface area contributed by atoms with Crippen molar-refractivity contribution >= 4 is 5.97 Å². The molecule has 2 aliphatic rings. The maximum absolute atomic E-state index is 14.4. The zero-order valence-corrected chi connectivity index (χ0v) is 11.0. The maximum Gasteiger partial charge on any atom is 0.318 e. The van der Waals surface area contributed by atoms with Crippen LogP contribution in [0.1, 0.15) is 32.1 Å². The summed E-state index contributed by atoms with van der Waals surface area (Å²) in [5.41, 5.74) is -1.60. The van der Waals surface area contributed by atoms with Gasteiger partial charge in [0.1, 0.15) is 5.41 Å². The van der Waals surface area contributed by atoms with Crippen molar-refractivity contribution in [3.05, 3.63) is 0 Å². The molecule has 1 saturated heterocycles. The predicted molar refractivity (Wildman–Crippen MR) is 63.5 cm³/mol. The average molecular weight is 261 g/mol. The molecule has 0 bridgehead atoms. The molecule has 1 heterocycles. The monoisotopic (exact) mass is 261 g/mol. The van der Waals surface area contributed by atoms with E-state index in [0.717, 1.165) is 19.3 Å². The number of ether oxygens (including phenoxy) is 1. The molecule has 1 unspecified atom stereocenters. The lowest BCUT2D eigenvalue weighted by atomic mass is 9.65. The van der Waals surface area contributed by atoms with Crippen molar-refractivity contribution in [3.8, 4) is 0 Å². The molecule has 1 aliphatic carbocycles. The Hall–Kier alpha value is -0.710. The predicted octanol–water partition coefficient (Wildman–Crippen LogP) is 2.31. The number of halogens is 2. The van der Waals surface area contributed by atoms with Gasteiger partial charge in [0.25, 0.3) is 5.92 Å². The molecule has 0 spiro atoms. The molecule has 0 aromatic carbocycles. The normalized spacial score (nSPS) is 32.9. The fraction of sp³-hybridized carbons (Fsp3) is 0.923. The van der Waals surface area contributed by atoms with Crippen LogP contribution in [-0.4, -0.2) is 44.0 Å². The Morgan fingerprint density at radius 3 is 2.56 bits per heavy atom. The van der Waals surface area contributed by atoms with Gasteiger partial charge in [0, 0.05) is 0 Å². The van der Waals surface area contributed by atoms with Gasteiger partial charge in [0.05, 0.1) is 13.7 Å². The number of likely N-dealkylation sites (tertiary alicyclic amines) is 1. The lowest BCUT2D eigenvalue weighted by molar-refractivity contribution is -0.205. The quantitative estimate of drug-likeness (QED) is 0.730. The minimum Gasteiger partial charge on any atom is -0.468 e. The molecule has 0 N–H and O–H groups in total. The van der Waals surface area contributed by atoms with Crippen molar-refractivity contribution in [3.63, 3.8) is 0 Å². The van der Waals surface area contributed by atoms with Gasteiger partial charge in [0.2, 0.25) is 0 Å². The molecule has 3 nitrogen and oxygen atoms in total. The van der Waals surface area contributed by atoms with E-state index in [9.17, 15) is 13.6 Å². The number of hydrogen-bond donors (Lipinski definition) is 0. The van der Waals surface area contributed by atoms with Crippen LogP contribution in [0.5, 0.6) is 0 Å². The van der Waals surface area contributed by atoms with Crippen molar-refractivity contribution < 1.29 is 18.3 Å². The Bertz CT molecular complexity index is 331. The Balaban J connectivity index is 2.24. The van der Waals surface area contributed by atoms with E-state index in [1.54, 1.807) is 11.9 Å². The highest BCUT2D eigenvalue weighted by Crippen LogP contribution is 2.51. The number of esters is 1. The number of alkyl halides is 2. The smallest absolute Gasteiger partial charge is 0.318 e. The molecular weight excluding hydrogens is 240 g/mol. The zero-order valence-electron chi connectivity index (χ0n) is 11.0. The number of nitrogens with zero attached hydrogens (tertiary/aromatic N) is 1. The molecule has 2 rings (SSSR count). The van der Waals surface area contributed by atoms with Crippen molar-refractivity contribution in [2.24, 2.45) is 11.3 Å². The number of hydrogen-bond acceptors (Lipinski definition) is 3. The number of piperidine rings is 1. The van der Waals surface area contributed by atoms with Gasteiger partial charge in [-0.2, -0.15) is 0 Å². The minimum absolute atomic E-state index is 0.194. The summed E-state index contributed by atoms with van der Waals surface area (Å²) in [5, 5.41) is 0. The van der Waals surface area contributed by atoms with E-state index in [2.05, 4.69) is 0 Å². The molecule has 0 aromatic rings. The number of rotatable bonds is 3. The highest BCUT2D eigenvalue weighted by molar-refractivity contribution is 5.78. The Morgan fingerprint density at radius 2 is 2.11 bits per heavy atom. The maximum atomic E-state index is 14.4. The van der Waals surface area contributed by atoms with E-state index in [0.29, 0.717) is 6.54 Å².